The summed E-state index contributed by atoms with van der Waals surface area (Å²) in [6.07, 6.45) is 0. The minimum atomic E-state index is -3.21. The second-order valence-electron chi connectivity index (χ2n) is 6.32. The third kappa shape index (κ3) is 3.09. The first kappa shape index (κ1) is 17.3. The van der Waals surface area contributed by atoms with Gasteiger partial charge in [-0.15, -0.1) is 0 Å². The molecule has 0 unspecified atom stereocenters. The van der Waals surface area contributed by atoms with Gasteiger partial charge in [0.2, 0.25) is 0 Å². The van der Waals surface area contributed by atoms with Crippen molar-refractivity contribution in [2.45, 2.75) is 0 Å². The summed E-state index contributed by atoms with van der Waals surface area (Å²) in [5, 5.41) is 13.0. The summed E-state index contributed by atoms with van der Waals surface area (Å²) in [5.41, 5.74) is 1.57. The van der Waals surface area contributed by atoms with E-state index in [0.717, 1.165) is 5.56 Å². The Balaban J connectivity index is 2.00. The van der Waals surface area contributed by atoms with E-state index in [-0.39, 0.29) is 5.75 Å². The molecule has 0 radical (unpaired) electrons. The minimum absolute atomic E-state index is 0.0692. The molecule has 0 heterocycles. The molecule has 2 nitrogen and oxygen atoms in total. The molecule has 0 amide bonds. The van der Waals surface area contributed by atoms with Crippen LogP contribution in [0.25, 0.3) is 11.1 Å². The highest BCUT2D eigenvalue weighted by Gasteiger charge is 2.32. The Morgan fingerprint density at radius 2 is 1.04 bits per heavy atom. The van der Waals surface area contributed by atoms with Crippen LogP contribution in [0.5, 0.6) is 5.75 Å². The Morgan fingerprint density at radius 3 is 1.56 bits per heavy atom. The maximum atomic E-state index is 14.5. The van der Waals surface area contributed by atoms with Gasteiger partial charge in [-0.1, -0.05) is 103 Å². The van der Waals surface area contributed by atoms with Gasteiger partial charge < -0.3 is 9.67 Å². The number of phenols is 1. The SMILES string of the molecule is O=P(c1ccccc1)(c1ccccc1)c1cccc(-c2ccccc2)c1O. The van der Waals surface area contributed by atoms with Crippen molar-refractivity contribution >= 4 is 23.1 Å². The highest BCUT2D eigenvalue weighted by molar-refractivity contribution is 7.85. The monoisotopic (exact) mass is 370 g/mol. The Bertz CT molecular complexity index is 1050. The maximum absolute atomic E-state index is 14.5. The fraction of sp³-hybridized carbons (Fsp3) is 0. The molecule has 3 heteroatoms. The van der Waals surface area contributed by atoms with Crippen LogP contribution in [-0.4, -0.2) is 5.11 Å². The van der Waals surface area contributed by atoms with Gasteiger partial charge in [-0.05, 0) is 11.6 Å². The Hall–Kier alpha value is -3.09. The maximum Gasteiger partial charge on any atom is 0.174 e. The van der Waals surface area contributed by atoms with Crippen molar-refractivity contribution in [1.82, 2.24) is 0 Å². The van der Waals surface area contributed by atoms with E-state index in [1.54, 1.807) is 6.07 Å². The molecular formula is C24H19O2P. The predicted molar refractivity (Wildman–Crippen MR) is 113 cm³/mol. The van der Waals surface area contributed by atoms with Gasteiger partial charge in [-0.25, -0.2) is 0 Å². The first-order chi connectivity index (χ1) is 13.2. The van der Waals surface area contributed by atoms with E-state index < -0.39 is 7.14 Å². The fourth-order valence-electron chi connectivity index (χ4n) is 3.34. The second kappa shape index (κ2) is 7.26. The largest absolute Gasteiger partial charge is 0.506 e. The van der Waals surface area contributed by atoms with E-state index in [9.17, 15) is 9.67 Å². The summed E-state index contributed by atoms with van der Waals surface area (Å²) in [6, 6.07) is 33.9. The molecule has 0 spiro atoms. The van der Waals surface area contributed by atoms with Crippen molar-refractivity contribution in [3.05, 3.63) is 109 Å². The van der Waals surface area contributed by atoms with E-state index in [2.05, 4.69) is 0 Å². The summed E-state index contributed by atoms with van der Waals surface area (Å²) < 4.78 is 14.5. The van der Waals surface area contributed by atoms with Crippen molar-refractivity contribution in [3.8, 4) is 16.9 Å². The zero-order chi connectivity index (χ0) is 18.7. The Kier molecular flexibility index (Phi) is 4.66. The third-order valence-electron chi connectivity index (χ3n) is 4.68. The van der Waals surface area contributed by atoms with Crippen molar-refractivity contribution in [1.29, 1.82) is 0 Å². The molecule has 0 aliphatic rings. The number of phenolic OH excluding ortho intramolecular Hbond substituents is 1. The molecule has 27 heavy (non-hydrogen) atoms. The van der Waals surface area contributed by atoms with Gasteiger partial charge >= 0.3 is 0 Å². The molecule has 0 aliphatic carbocycles. The van der Waals surface area contributed by atoms with Gasteiger partial charge in [0.15, 0.2) is 7.14 Å². The lowest BCUT2D eigenvalue weighted by molar-refractivity contribution is 0.481. The van der Waals surface area contributed by atoms with Crippen LogP contribution >= 0.6 is 7.14 Å². The number of aromatic hydroxyl groups is 1. The summed E-state index contributed by atoms with van der Waals surface area (Å²) in [7, 11) is -3.21. The van der Waals surface area contributed by atoms with Crippen molar-refractivity contribution in [3.63, 3.8) is 0 Å². The minimum Gasteiger partial charge on any atom is -0.506 e. The van der Waals surface area contributed by atoms with Gasteiger partial charge in [0.1, 0.15) is 5.75 Å². The molecule has 0 fully saturated rings. The standard InChI is InChI=1S/C24H19O2P/c25-24-22(19-11-4-1-5-12-19)17-10-18-23(24)27(26,20-13-6-2-7-14-20)21-15-8-3-9-16-21/h1-18,25H. The van der Waals surface area contributed by atoms with Gasteiger partial charge in [0.25, 0.3) is 0 Å². The van der Waals surface area contributed by atoms with E-state index in [1.807, 2.05) is 103 Å². The molecule has 0 bridgehead atoms. The van der Waals surface area contributed by atoms with Gasteiger partial charge in [0, 0.05) is 16.2 Å². The Labute approximate surface area is 159 Å². The molecule has 4 aromatic carbocycles. The quantitative estimate of drug-likeness (QED) is 0.529. The average Bonchev–Trinajstić information content (AvgIpc) is 2.75. The van der Waals surface area contributed by atoms with Crippen LogP contribution in [-0.2, 0) is 4.57 Å². The zero-order valence-corrected chi connectivity index (χ0v) is 15.6. The summed E-state index contributed by atoms with van der Waals surface area (Å²) in [4.78, 5) is 0. The molecule has 1 N–H and O–H groups in total. The normalized spacial score (nSPS) is 11.3. The van der Waals surface area contributed by atoms with Crippen molar-refractivity contribution in [2.24, 2.45) is 0 Å². The van der Waals surface area contributed by atoms with E-state index in [4.69, 9.17) is 0 Å². The van der Waals surface area contributed by atoms with Crippen LogP contribution in [0.4, 0.5) is 0 Å². The molecule has 4 aromatic rings. The highest BCUT2D eigenvalue weighted by atomic mass is 31.2. The van der Waals surface area contributed by atoms with E-state index >= 15 is 0 Å². The van der Waals surface area contributed by atoms with Gasteiger partial charge in [-0.2, -0.15) is 0 Å². The van der Waals surface area contributed by atoms with Crippen molar-refractivity contribution in [2.75, 3.05) is 0 Å². The summed E-state index contributed by atoms with van der Waals surface area (Å²) in [5.74, 6) is 0.0692. The number of para-hydroxylation sites is 1. The lowest BCUT2D eigenvalue weighted by atomic mass is 10.1. The van der Waals surface area contributed by atoms with E-state index in [0.29, 0.717) is 21.5 Å². The van der Waals surface area contributed by atoms with Crippen LogP contribution in [0.3, 0.4) is 0 Å². The van der Waals surface area contributed by atoms with Crippen LogP contribution in [0, 0.1) is 0 Å². The van der Waals surface area contributed by atoms with Crippen LogP contribution in [0.1, 0.15) is 0 Å². The number of hydrogen-bond donors (Lipinski definition) is 1. The third-order valence-corrected chi connectivity index (χ3v) is 7.77. The lowest BCUT2D eigenvalue weighted by Gasteiger charge is -2.22. The van der Waals surface area contributed by atoms with Gasteiger partial charge in [-0.3, -0.25) is 0 Å². The molecule has 0 saturated heterocycles. The summed E-state index contributed by atoms with van der Waals surface area (Å²) in [6.45, 7) is 0. The molecule has 132 valence electrons. The molecular weight excluding hydrogens is 351 g/mol. The second-order valence-corrected chi connectivity index (χ2v) is 9.05. The molecule has 0 aromatic heterocycles. The smallest absolute Gasteiger partial charge is 0.174 e. The summed E-state index contributed by atoms with van der Waals surface area (Å²) >= 11 is 0. The van der Waals surface area contributed by atoms with Gasteiger partial charge in [0.05, 0.1) is 5.30 Å². The molecule has 0 saturated carbocycles. The molecule has 0 atom stereocenters. The number of hydrogen-bond acceptors (Lipinski definition) is 2. The van der Waals surface area contributed by atoms with Crippen molar-refractivity contribution < 1.29 is 9.67 Å². The average molecular weight is 370 g/mol. The fourth-order valence-corrected chi connectivity index (χ4v) is 6.09. The zero-order valence-electron chi connectivity index (χ0n) is 14.7. The highest BCUT2D eigenvalue weighted by Crippen LogP contribution is 2.46. The number of rotatable bonds is 4. The van der Waals surface area contributed by atoms with Crippen LogP contribution in [0.15, 0.2) is 109 Å². The number of benzene rings is 4. The van der Waals surface area contributed by atoms with E-state index in [1.165, 1.54) is 0 Å². The predicted octanol–water partition coefficient (Wildman–Crippen LogP) is 4.70. The molecule has 0 aliphatic heterocycles. The molecule has 4 rings (SSSR count). The first-order valence-corrected chi connectivity index (χ1v) is 10.5. The first-order valence-electron chi connectivity index (χ1n) is 8.80. The lowest BCUT2D eigenvalue weighted by Crippen LogP contribution is -2.25. The van der Waals surface area contributed by atoms with Crippen LogP contribution in [0.2, 0.25) is 0 Å². The topological polar surface area (TPSA) is 37.3 Å². The van der Waals surface area contributed by atoms with Crippen LogP contribution < -0.4 is 15.9 Å². The Morgan fingerprint density at radius 1 is 0.556 bits per heavy atom.